The minimum atomic E-state index is -0.219. The highest BCUT2D eigenvalue weighted by molar-refractivity contribution is 7.98. The normalized spacial score (nSPS) is 11.0. The number of rotatable bonds is 8. The van der Waals surface area contributed by atoms with Crippen LogP contribution in [0.25, 0.3) is 17.3 Å². The summed E-state index contributed by atoms with van der Waals surface area (Å²) in [4.78, 5) is 20.9. The number of para-hydroxylation sites is 1. The molecule has 1 amide bonds. The largest absolute Gasteiger partial charge is 0.461 e. The molecule has 0 aliphatic heterocycles. The lowest BCUT2D eigenvalue weighted by Crippen LogP contribution is -2.23. The lowest BCUT2D eigenvalue weighted by molar-refractivity contribution is 0.0946. The molecule has 4 aromatic heterocycles. The first-order chi connectivity index (χ1) is 16.7. The molecule has 8 nitrogen and oxygen atoms in total. The molecule has 170 valence electrons. The fraction of sp³-hybridized carbons (Fsp3) is 0.0870. The maximum absolute atomic E-state index is 12.5. The van der Waals surface area contributed by atoms with Crippen LogP contribution in [0.1, 0.15) is 21.1 Å². The van der Waals surface area contributed by atoms with Crippen LogP contribution in [0.3, 0.4) is 0 Å². The number of halogens is 1. The third kappa shape index (κ3) is 4.89. The Morgan fingerprint density at radius 1 is 1.12 bits per heavy atom. The molecule has 0 radical (unpaired) electrons. The molecule has 4 heterocycles. The van der Waals surface area contributed by atoms with Crippen LogP contribution in [-0.2, 0) is 12.3 Å². The molecule has 1 N–H and O–H groups in total. The summed E-state index contributed by atoms with van der Waals surface area (Å²) in [6.07, 6.45) is 4.97. The van der Waals surface area contributed by atoms with Gasteiger partial charge in [0.25, 0.3) is 5.91 Å². The van der Waals surface area contributed by atoms with Crippen LogP contribution >= 0.6 is 34.7 Å². The standard InChI is InChI=1S/C23H17ClN6O2S2/c24-16-4-1-2-5-18(16)30-21(19-6-3-11-32-19)28-29-23(30)34-14-20-27-17(13-33-20)22(31)26-12-15-7-9-25-10-8-15/h1-11,13H,12,14H2,(H,26,31). The predicted octanol–water partition coefficient (Wildman–Crippen LogP) is 5.25. The summed E-state index contributed by atoms with van der Waals surface area (Å²) in [7, 11) is 0. The average Bonchev–Trinajstić information content (AvgIpc) is 3.63. The van der Waals surface area contributed by atoms with E-state index in [0.717, 1.165) is 16.3 Å². The van der Waals surface area contributed by atoms with Crippen molar-refractivity contribution in [2.45, 2.75) is 17.5 Å². The van der Waals surface area contributed by atoms with Gasteiger partial charge in [-0.1, -0.05) is 35.5 Å². The van der Waals surface area contributed by atoms with Crippen molar-refractivity contribution in [3.05, 3.63) is 93.9 Å². The Bertz CT molecular complexity index is 1400. The first kappa shape index (κ1) is 22.3. The maximum Gasteiger partial charge on any atom is 0.271 e. The van der Waals surface area contributed by atoms with Gasteiger partial charge in [0.05, 0.1) is 22.7 Å². The Labute approximate surface area is 208 Å². The number of thioether (sulfide) groups is 1. The van der Waals surface area contributed by atoms with Crippen molar-refractivity contribution in [3.8, 4) is 17.3 Å². The highest BCUT2D eigenvalue weighted by Gasteiger charge is 2.20. The SMILES string of the molecule is O=C(NCc1ccncc1)c1csc(CSc2nnc(-c3ccco3)n2-c2ccccc2Cl)n1. The summed E-state index contributed by atoms with van der Waals surface area (Å²) in [5.74, 6) is 1.43. The Kier molecular flexibility index (Phi) is 6.70. The van der Waals surface area contributed by atoms with Crippen LogP contribution in [0.5, 0.6) is 0 Å². The third-order valence-electron chi connectivity index (χ3n) is 4.78. The molecule has 5 rings (SSSR count). The number of hydrogen-bond donors (Lipinski definition) is 1. The smallest absolute Gasteiger partial charge is 0.271 e. The second kappa shape index (κ2) is 10.2. The zero-order valence-electron chi connectivity index (χ0n) is 17.6. The second-order valence-electron chi connectivity index (χ2n) is 7.02. The highest BCUT2D eigenvalue weighted by Crippen LogP contribution is 2.33. The quantitative estimate of drug-likeness (QED) is 0.285. The molecular weight excluding hydrogens is 492 g/mol. The summed E-state index contributed by atoms with van der Waals surface area (Å²) in [6, 6.07) is 14.8. The van der Waals surface area contributed by atoms with Gasteiger partial charge in [0.1, 0.15) is 10.7 Å². The molecule has 11 heteroatoms. The van der Waals surface area contributed by atoms with Gasteiger partial charge in [-0.3, -0.25) is 14.3 Å². The molecule has 0 saturated heterocycles. The van der Waals surface area contributed by atoms with Gasteiger partial charge in [-0.2, -0.15) is 0 Å². The molecule has 0 aliphatic rings. The Hall–Kier alpha value is -3.47. The minimum Gasteiger partial charge on any atom is -0.461 e. The predicted molar refractivity (Wildman–Crippen MR) is 131 cm³/mol. The number of carbonyl (C=O) groups is 1. The number of aromatic nitrogens is 5. The number of amides is 1. The van der Waals surface area contributed by atoms with Gasteiger partial charge in [-0.15, -0.1) is 21.5 Å². The van der Waals surface area contributed by atoms with Crippen molar-refractivity contribution in [2.75, 3.05) is 0 Å². The summed E-state index contributed by atoms with van der Waals surface area (Å²) in [5.41, 5.74) is 2.11. The summed E-state index contributed by atoms with van der Waals surface area (Å²) >= 11 is 9.35. The van der Waals surface area contributed by atoms with Crippen molar-refractivity contribution in [1.82, 2.24) is 30.0 Å². The van der Waals surface area contributed by atoms with Crippen molar-refractivity contribution >= 4 is 40.6 Å². The fourth-order valence-corrected chi connectivity index (χ4v) is 5.12. The molecule has 0 fully saturated rings. The van der Waals surface area contributed by atoms with Crippen LogP contribution in [-0.4, -0.2) is 30.6 Å². The van der Waals surface area contributed by atoms with Crippen molar-refractivity contribution in [1.29, 1.82) is 0 Å². The molecule has 0 unspecified atom stereocenters. The van der Waals surface area contributed by atoms with E-state index in [4.69, 9.17) is 16.0 Å². The number of hydrogen-bond acceptors (Lipinski definition) is 8. The van der Waals surface area contributed by atoms with Gasteiger partial charge >= 0.3 is 0 Å². The number of carbonyl (C=O) groups excluding carboxylic acids is 1. The Morgan fingerprint density at radius 3 is 2.76 bits per heavy atom. The molecule has 1 aromatic carbocycles. The number of nitrogens with zero attached hydrogens (tertiary/aromatic N) is 5. The second-order valence-corrected chi connectivity index (χ2v) is 9.32. The van der Waals surface area contributed by atoms with E-state index < -0.39 is 0 Å². The van der Waals surface area contributed by atoms with Gasteiger partial charge in [0, 0.05) is 24.3 Å². The Morgan fingerprint density at radius 2 is 1.97 bits per heavy atom. The van der Waals surface area contributed by atoms with Crippen molar-refractivity contribution in [3.63, 3.8) is 0 Å². The van der Waals surface area contributed by atoms with Gasteiger partial charge in [-0.25, -0.2) is 4.98 Å². The highest BCUT2D eigenvalue weighted by atomic mass is 35.5. The summed E-state index contributed by atoms with van der Waals surface area (Å²) < 4.78 is 7.41. The Balaban J connectivity index is 1.32. The van der Waals surface area contributed by atoms with Gasteiger partial charge in [-0.05, 0) is 42.0 Å². The van der Waals surface area contributed by atoms with Crippen LogP contribution < -0.4 is 5.32 Å². The van der Waals surface area contributed by atoms with E-state index in [2.05, 4.69) is 25.5 Å². The zero-order valence-corrected chi connectivity index (χ0v) is 20.0. The number of pyridine rings is 1. The fourth-order valence-electron chi connectivity index (χ4n) is 3.16. The molecule has 0 bridgehead atoms. The topological polar surface area (TPSA) is 98.7 Å². The van der Waals surface area contributed by atoms with E-state index in [1.54, 1.807) is 30.1 Å². The van der Waals surface area contributed by atoms with Crippen LogP contribution in [0.2, 0.25) is 5.02 Å². The first-order valence-electron chi connectivity index (χ1n) is 10.2. The van der Waals surface area contributed by atoms with Crippen molar-refractivity contribution < 1.29 is 9.21 Å². The van der Waals surface area contributed by atoms with E-state index in [-0.39, 0.29) is 5.91 Å². The summed E-state index contributed by atoms with van der Waals surface area (Å²) in [6.45, 7) is 0.416. The first-order valence-corrected chi connectivity index (χ1v) is 12.4. The molecule has 5 aromatic rings. The molecule has 0 spiro atoms. The molecule has 0 aliphatic carbocycles. The summed E-state index contributed by atoms with van der Waals surface area (Å²) in [5, 5.41) is 15.3. The van der Waals surface area contributed by atoms with Crippen LogP contribution in [0.4, 0.5) is 0 Å². The van der Waals surface area contributed by atoms with Crippen LogP contribution in [0.15, 0.2) is 82.1 Å². The van der Waals surface area contributed by atoms with E-state index in [1.807, 2.05) is 47.0 Å². The van der Waals surface area contributed by atoms with Crippen LogP contribution in [0, 0.1) is 0 Å². The van der Waals surface area contributed by atoms with E-state index in [0.29, 0.717) is 39.8 Å². The van der Waals surface area contributed by atoms with Gasteiger partial charge in [0.15, 0.2) is 10.9 Å². The molecule has 34 heavy (non-hydrogen) atoms. The van der Waals surface area contributed by atoms with Gasteiger partial charge in [0.2, 0.25) is 5.82 Å². The number of thiazole rings is 1. The number of benzene rings is 1. The van der Waals surface area contributed by atoms with Crippen molar-refractivity contribution in [2.24, 2.45) is 0 Å². The number of nitrogens with one attached hydrogen (secondary N) is 1. The molecule has 0 atom stereocenters. The minimum absolute atomic E-state index is 0.219. The van der Waals surface area contributed by atoms with E-state index in [9.17, 15) is 4.79 Å². The third-order valence-corrected chi connectivity index (χ3v) is 7.07. The molecular formula is C23H17ClN6O2S2. The van der Waals surface area contributed by atoms with E-state index >= 15 is 0 Å². The lowest BCUT2D eigenvalue weighted by atomic mass is 10.2. The lowest BCUT2D eigenvalue weighted by Gasteiger charge is -2.10. The monoisotopic (exact) mass is 508 g/mol. The average molecular weight is 509 g/mol. The zero-order chi connectivity index (χ0) is 23.3. The van der Waals surface area contributed by atoms with E-state index in [1.165, 1.54) is 23.1 Å². The van der Waals surface area contributed by atoms with Gasteiger partial charge < -0.3 is 9.73 Å². The molecule has 0 saturated carbocycles. The maximum atomic E-state index is 12.5. The number of furan rings is 1.